The van der Waals surface area contributed by atoms with Crippen molar-refractivity contribution in [2.75, 3.05) is 25.4 Å². The summed E-state index contributed by atoms with van der Waals surface area (Å²) in [7, 11) is 0. The van der Waals surface area contributed by atoms with Crippen molar-refractivity contribution < 1.29 is 9.84 Å². The van der Waals surface area contributed by atoms with Gasteiger partial charge in [0.15, 0.2) is 0 Å². The Hall–Kier alpha value is -0.550. The molecule has 20 heavy (non-hydrogen) atoms. The highest BCUT2D eigenvalue weighted by Crippen LogP contribution is 2.36. The van der Waals surface area contributed by atoms with E-state index in [0.29, 0.717) is 24.5 Å². The number of rotatable bonds is 8. The number of hydrogen-bond acceptors (Lipinski definition) is 4. The minimum absolute atomic E-state index is 0.352. The Morgan fingerprint density at radius 2 is 2.20 bits per heavy atom. The normalized spacial score (nSPS) is 23.9. The molecule has 1 heterocycles. The minimum Gasteiger partial charge on any atom is -0.389 e. The molecule has 1 aliphatic heterocycles. The predicted molar refractivity (Wildman–Crippen MR) is 85.1 cm³/mol. The fourth-order valence-electron chi connectivity index (χ4n) is 2.43. The van der Waals surface area contributed by atoms with Gasteiger partial charge in [0, 0.05) is 17.8 Å². The third kappa shape index (κ3) is 5.44. The van der Waals surface area contributed by atoms with Crippen molar-refractivity contribution in [3.05, 3.63) is 35.9 Å². The van der Waals surface area contributed by atoms with E-state index in [2.05, 4.69) is 12.2 Å². The molecule has 2 unspecified atom stereocenters. The zero-order valence-corrected chi connectivity index (χ0v) is 13.0. The molecule has 0 aliphatic carbocycles. The number of thioether (sulfide) groups is 1. The summed E-state index contributed by atoms with van der Waals surface area (Å²) in [5.74, 6) is 1.26. The van der Waals surface area contributed by atoms with E-state index >= 15 is 0 Å². The zero-order valence-electron chi connectivity index (χ0n) is 12.2. The van der Waals surface area contributed by atoms with Gasteiger partial charge < -0.3 is 15.2 Å². The van der Waals surface area contributed by atoms with Crippen LogP contribution in [0.25, 0.3) is 0 Å². The molecule has 0 aromatic heterocycles. The van der Waals surface area contributed by atoms with Gasteiger partial charge in [-0.25, -0.2) is 0 Å². The lowest BCUT2D eigenvalue weighted by Crippen LogP contribution is -2.38. The first-order valence-electron chi connectivity index (χ1n) is 7.32. The maximum atomic E-state index is 9.89. The molecule has 4 heteroatoms. The molecule has 1 fully saturated rings. The molecule has 0 amide bonds. The molecule has 2 rings (SSSR count). The van der Waals surface area contributed by atoms with Gasteiger partial charge in [-0.3, -0.25) is 0 Å². The van der Waals surface area contributed by atoms with Gasteiger partial charge in [-0.05, 0) is 31.1 Å². The van der Waals surface area contributed by atoms with Crippen LogP contribution in [-0.2, 0) is 11.3 Å². The van der Waals surface area contributed by atoms with Crippen LogP contribution in [0.15, 0.2) is 30.3 Å². The number of nitrogens with one attached hydrogen (secondary N) is 1. The number of hydrogen-bond donors (Lipinski definition) is 2. The molecular weight excluding hydrogens is 270 g/mol. The van der Waals surface area contributed by atoms with E-state index in [9.17, 15) is 5.11 Å². The average molecular weight is 295 g/mol. The standard InChI is InChI=1S/C16H25NO2S/c1-16(8-5-9-20-16)13-17-10-15(18)12-19-11-14-6-3-2-4-7-14/h2-4,6-7,15,17-18H,5,8-13H2,1H3. The lowest BCUT2D eigenvalue weighted by molar-refractivity contribution is 0.0287. The quantitative estimate of drug-likeness (QED) is 0.773. The largest absolute Gasteiger partial charge is 0.389 e. The number of aliphatic hydroxyl groups is 1. The van der Waals surface area contributed by atoms with Crippen LogP contribution in [0.3, 0.4) is 0 Å². The zero-order chi connectivity index (χ0) is 14.3. The summed E-state index contributed by atoms with van der Waals surface area (Å²) in [6, 6.07) is 10.0. The number of ether oxygens (including phenoxy) is 1. The van der Waals surface area contributed by atoms with E-state index in [1.54, 1.807) is 0 Å². The van der Waals surface area contributed by atoms with Crippen molar-refractivity contribution in [3.63, 3.8) is 0 Å². The highest BCUT2D eigenvalue weighted by atomic mass is 32.2. The first-order chi connectivity index (χ1) is 9.68. The Balaban J connectivity index is 1.55. The van der Waals surface area contributed by atoms with Gasteiger partial charge >= 0.3 is 0 Å². The van der Waals surface area contributed by atoms with E-state index in [-0.39, 0.29) is 0 Å². The topological polar surface area (TPSA) is 41.5 Å². The van der Waals surface area contributed by atoms with Crippen LogP contribution >= 0.6 is 11.8 Å². The first-order valence-corrected chi connectivity index (χ1v) is 8.31. The van der Waals surface area contributed by atoms with Crippen LogP contribution in [0.5, 0.6) is 0 Å². The Labute approximate surface area is 126 Å². The Kier molecular flexibility index (Phi) is 6.36. The van der Waals surface area contributed by atoms with Crippen molar-refractivity contribution in [1.29, 1.82) is 0 Å². The molecule has 0 radical (unpaired) electrons. The van der Waals surface area contributed by atoms with Crippen molar-refractivity contribution in [1.82, 2.24) is 5.32 Å². The van der Waals surface area contributed by atoms with Crippen molar-refractivity contribution in [3.8, 4) is 0 Å². The number of benzene rings is 1. The van der Waals surface area contributed by atoms with Gasteiger partial charge in [-0.15, -0.1) is 0 Å². The van der Waals surface area contributed by atoms with E-state index < -0.39 is 6.10 Å². The summed E-state index contributed by atoms with van der Waals surface area (Å²) in [5.41, 5.74) is 1.14. The van der Waals surface area contributed by atoms with E-state index in [1.165, 1.54) is 18.6 Å². The van der Waals surface area contributed by atoms with Gasteiger partial charge in [0.2, 0.25) is 0 Å². The lowest BCUT2D eigenvalue weighted by atomic mass is 10.1. The van der Waals surface area contributed by atoms with Crippen molar-refractivity contribution in [2.45, 2.75) is 37.2 Å². The summed E-state index contributed by atoms with van der Waals surface area (Å²) in [6.45, 7) is 4.81. The summed E-state index contributed by atoms with van der Waals surface area (Å²) >= 11 is 2.04. The van der Waals surface area contributed by atoms with E-state index in [4.69, 9.17) is 4.74 Å². The maximum Gasteiger partial charge on any atom is 0.0897 e. The second kappa shape index (κ2) is 8.03. The molecule has 1 aromatic carbocycles. The molecule has 1 aromatic rings. The van der Waals surface area contributed by atoms with E-state index in [0.717, 1.165) is 12.1 Å². The Morgan fingerprint density at radius 3 is 2.90 bits per heavy atom. The van der Waals surface area contributed by atoms with Crippen LogP contribution in [0, 0.1) is 0 Å². The van der Waals surface area contributed by atoms with Gasteiger partial charge in [0.1, 0.15) is 0 Å². The molecule has 1 saturated heterocycles. The maximum absolute atomic E-state index is 9.89. The highest BCUT2D eigenvalue weighted by molar-refractivity contribution is 8.00. The lowest BCUT2D eigenvalue weighted by Gasteiger charge is -2.24. The van der Waals surface area contributed by atoms with Crippen LogP contribution in [-0.4, -0.2) is 41.4 Å². The predicted octanol–water partition coefficient (Wildman–Crippen LogP) is 2.44. The van der Waals surface area contributed by atoms with Crippen LogP contribution in [0.4, 0.5) is 0 Å². The molecule has 3 nitrogen and oxygen atoms in total. The molecule has 0 spiro atoms. The minimum atomic E-state index is -0.436. The molecule has 0 saturated carbocycles. The van der Waals surface area contributed by atoms with Gasteiger partial charge in [-0.2, -0.15) is 11.8 Å². The second-order valence-electron chi connectivity index (χ2n) is 5.69. The smallest absolute Gasteiger partial charge is 0.0897 e. The molecule has 112 valence electrons. The summed E-state index contributed by atoms with van der Waals surface area (Å²) in [5, 5.41) is 13.3. The SMILES string of the molecule is CC1(CNCC(O)COCc2ccccc2)CCCS1. The second-order valence-corrected chi connectivity index (χ2v) is 7.37. The molecule has 0 bridgehead atoms. The van der Waals surface area contributed by atoms with Crippen LogP contribution < -0.4 is 5.32 Å². The van der Waals surface area contributed by atoms with Crippen LogP contribution in [0.2, 0.25) is 0 Å². The molecule has 2 N–H and O–H groups in total. The van der Waals surface area contributed by atoms with Gasteiger partial charge in [-0.1, -0.05) is 30.3 Å². The Morgan fingerprint density at radius 1 is 1.40 bits per heavy atom. The third-order valence-electron chi connectivity index (χ3n) is 3.60. The van der Waals surface area contributed by atoms with Gasteiger partial charge in [0.25, 0.3) is 0 Å². The molecule has 2 atom stereocenters. The average Bonchev–Trinajstić information content (AvgIpc) is 2.87. The highest BCUT2D eigenvalue weighted by Gasteiger charge is 2.28. The summed E-state index contributed by atoms with van der Waals surface area (Å²) in [6.07, 6.45) is 2.14. The van der Waals surface area contributed by atoms with Crippen molar-refractivity contribution >= 4 is 11.8 Å². The van der Waals surface area contributed by atoms with Crippen molar-refractivity contribution in [2.24, 2.45) is 0 Å². The molecular formula is C16H25NO2S. The fourth-order valence-corrected chi connectivity index (χ4v) is 3.70. The Bertz CT molecular complexity index is 379. The number of aliphatic hydroxyl groups excluding tert-OH is 1. The third-order valence-corrected chi connectivity index (χ3v) is 5.14. The van der Waals surface area contributed by atoms with Gasteiger partial charge in [0.05, 0.1) is 19.3 Å². The summed E-state index contributed by atoms with van der Waals surface area (Å²) in [4.78, 5) is 0. The van der Waals surface area contributed by atoms with Crippen LogP contribution in [0.1, 0.15) is 25.3 Å². The summed E-state index contributed by atoms with van der Waals surface area (Å²) < 4.78 is 5.89. The fraction of sp³-hybridized carbons (Fsp3) is 0.625. The molecule has 1 aliphatic rings. The monoisotopic (exact) mass is 295 g/mol. The first kappa shape index (κ1) is 15.8. The van der Waals surface area contributed by atoms with E-state index in [1.807, 2.05) is 42.1 Å².